The van der Waals surface area contributed by atoms with Crippen molar-refractivity contribution in [3.05, 3.63) is 60.6 Å². The van der Waals surface area contributed by atoms with Crippen molar-refractivity contribution in [2.24, 2.45) is 0 Å². The fourth-order valence-electron chi connectivity index (χ4n) is 2.44. The average Bonchev–Trinajstić information content (AvgIpc) is 2.63. The number of hydrogen-bond acceptors (Lipinski definition) is 5. The molecule has 1 aromatic carbocycles. The number of nitrogens with zero attached hydrogens (tertiary/aromatic N) is 2. The lowest BCUT2D eigenvalue weighted by Gasteiger charge is -2.09. The first-order chi connectivity index (χ1) is 12.2. The van der Waals surface area contributed by atoms with Crippen molar-refractivity contribution in [2.45, 2.75) is 12.8 Å². The minimum atomic E-state index is -0.0656. The predicted octanol–water partition coefficient (Wildman–Crippen LogP) is 2.34. The number of para-hydroxylation sites is 1. The van der Waals surface area contributed by atoms with Crippen molar-refractivity contribution in [1.29, 1.82) is 0 Å². The van der Waals surface area contributed by atoms with Crippen LogP contribution in [0.2, 0.25) is 0 Å². The van der Waals surface area contributed by atoms with Crippen LogP contribution in [-0.4, -0.2) is 29.0 Å². The number of amides is 1. The zero-order valence-electron chi connectivity index (χ0n) is 13.8. The summed E-state index contributed by atoms with van der Waals surface area (Å²) in [6.45, 7) is 1.06. The van der Waals surface area contributed by atoms with E-state index in [1.54, 1.807) is 24.5 Å². The van der Waals surface area contributed by atoms with Crippen LogP contribution in [-0.2, 0) is 11.2 Å². The topological polar surface area (TPSA) is 90.1 Å². The van der Waals surface area contributed by atoms with Crippen LogP contribution in [0, 0.1) is 0 Å². The van der Waals surface area contributed by atoms with Crippen LogP contribution in [0.5, 0.6) is 5.75 Å². The zero-order chi connectivity index (χ0) is 17.5. The number of nitrogens with one attached hydrogen (secondary N) is 1. The zero-order valence-corrected chi connectivity index (χ0v) is 13.8. The smallest absolute Gasteiger partial charge is 0.226 e. The molecule has 3 rings (SSSR count). The summed E-state index contributed by atoms with van der Waals surface area (Å²) >= 11 is 0. The van der Waals surface area contributed by atoms with Crippen LogP contribution in [0.4, 0.5) is 5.69 Å². The summed E-state index contributed by atoms with van der Waals surface area (Å²) in [5.74, 6) is 0.694. The van der Waals surface area contributed by atoms with Gasteiger partial charge >= 0.3 is 0 Å². The van der Waals surface area contributed by atoms with Crippen LogP contribution in [0.25, 0.3) is 10.9 Å². The van der Waals surface area contributed by atoms with Gasteiger partial charge in [-0.1, -0.05) is 18.2 Å². The third-order valence-electron chi connectivity index (χ3n) is 3.69. The van der Waals surface area contributed by atoms with Crippen LogP contribution < -0.4 is 15.8 Å². The van der Waals surface area contributed by atoms with Gasteiger partial charge in [0.1, 0.15) is 11.3 Å². The first-order valence-electron chi connectivity index (χ1n) is 8.16. The van der Waals surface area contributed by atoms with Gasteiger partial charge in [0.15, 0.2) is 0 Å². The highest BCUT2D eigenvalue weighted by molar-refractivity contribution is 5.84. The lowest BCUT2D eigenvalue weighted by atomic mass is 10.2. The summed E-state index contributed by atoms with van der Waals surface area (Å²) < 4.78 is 5.79. The van der Waals surface area contributed by atoms with Gasteiger partial charge in [-0.05, 0) is 30.7 Å². The highest BCUT2D eigenvalue weighted by atomic mass is 16.5. The van der Waals surface area contributed by atoms with Gasteiger partial charge in [-0.15, -0.1) is 0 Å². The van der Waals surface area contributed by atoms with E-state index in [0.29, 0.717) is 31.0 Å². The van der Waals surface area contributed by atoms with Gasteiger partial charge in [0.25, 0.3) is 0 Å². The Morgan fingerprint density at radius 1 is 1.12 bits per heavy atom. The Morgan fingerprint density at radius 3 is 2.84 bits per heavy atom. The molecular weight excluding hydrogens is 316 g/mol. The number of anilines is 1. The fourth-order valence-corrected chi connectivity index (χ4v) is 2.44. The van der Waals surface area contributed by atoms with Crippen LogP contribution in [0.1, 0.15) is 12.1 Å². The molecule has 25 heavy (non-hydrogen) atoms. The van der Waals surface area contributed by atoms with E-state index in [-0.39, 0.29) is 12.3 Å². The first kappa shape index (κ1) is 16.7. The Bertz CT molecular complexity index is 844. The molecule has 6 heteroatoms. The Morgan fingerprint density at radius 2 is 2.00 bits per heavy atom. The second-order valence-electron chi connectivity index (χ2n) is 5.64. The molecule has 0 radical (unpaired) electrons. The molecule has 0 aliphatic rings. The average molecular weight is 336 g/mol. The van der Waals surface area contributed by atoms with Crippen molar-refractivity contribution in [3.63, 3.8) is 0 Å². The maximum atomic E-state index is 11.9. The van der Waals surface area contributed by atoms with Gasteiger partial charge < -0.3 is 15.8 Å². The molecule has 3 aromatic rings. The lowest BCUT2D eigenvalue weighted by Crippen LogP contribution is -2.27. The molecule has 0 fully saturated rings. The number of benzene rings is 1. The number of rotatable bonds is 7. The quantitative estimate of drug-likeness (QED) is 0.646. The molecule has 128 valence electrons. The van der Waals surface area contributed by atoms with Crippen molar-refractivity contribution in [2.75, 3.05) is 18.9 Å². The van der Waals surface area contributed by atoms with Crippen LogP contribution in [0.3, 0.4) is 0 Å². The molecule has 2 aromatic heterocycles. The molecule has 0 bridgehead atoms. The van der Waals surface area contributed by atoms with E-state index >= 15 is 0 Å². The second kappa shape index (κ2) is 8.10. The normalized spacial score (nSPS) is 10.6. The summed E-state index contributed by atoms with van der Waals surface area (Å²) in [7, 11) is 0. The van der Waals surface area contributed by atoms with E-state index in [1.807, 2.05) is 30.3 Å². The van der Waals surface area contributed by atoms with Crippen LogP contribution in [0.15, 0.2) is 54.9 Å². The molecule has 3 N–H and O–H groups in total. The molecule has 0 unspecified atom stereocenters. The third kappa shape index (κ3) is 4.67. The van der Waals surface area contributed by atoms with Crippen LogP contribution >= 0.6 is 0 Å². The second-order valence-corrected chi connectivity index (χ2v) is 5.64. The fraction of sp³-hybridized carbons (Fsp3) is 0.211. The van der Waals surface area contributed by atoms with Crippen molar-refractivity contribution >= 4 is 22.5 Å². The van der Waals surface area contributed by atoms with Gasteiger partial charge in [-0.25, -0.2) is 0 Å². The number of aromatic nitrogens is 2. The number of fused-ring (bicyclic) bond motifs is 1. The summed E-state index contributed by atoms with van der Waals surface area (Å²) in [5, 5.41) is 3.91. The van der Waals surface area contributed by atoms with E-state index in [2.05, 4.69) is 15.3 Å². The van der Waals surface area contributed by atoms with Crippen molar-refractivity contribution in [1.82, 2.24) is 15.3 Å². The molecule has 6 nitrogen and oxygen atoms in total. The summed E-state index contributed by atoms with van der Waals surface area (Å²) in [4.78, 5) is 20.3. The monoisotopic (exact) mass is 336 g/mol. The third-order valence-corrected chi connectivity index (χ3v) is 3.69. The Kier molecular flexibility index (Phi) is 5.41. The first-order valence-corrected chi connectivity index (χ1v) is 8.16. The molecule has 0 aliphatic carbocycles. The van der Waals surface area contributed by atoms with Gasteiger partial charge in [0, 0.05) is 23.8 Å². The summed E-state index contributed by atoms with van der Waals surface area (Å²) in [6.07, 6.45) is 4.26. The van der Waals surface area contributed by atoms with Gasteiger partial charge in [-0.2, -0.15) is 0 Å². The largest absolute Gasteiger partial charge is 0.491 e. The van der Waals surface area contributed by atoms with Crippen molar-refractivity contribution < 1.29 is 9.53 Å². The van der Waals surface area contributed by atoms with Gasteiger partial charge in [0.2, 0.25) is 5.91 Å². The summed E-state index contributed by atoms with van der Waals surface area (Å²) in [6, 6.07) is 13.2. The number of nitrogens with two attached hydrogens (primary N) is 1. The molecule has 0 saturated heterocycles. The van der Waals surface area contributed by atoms with E-state index in [4.69, 9.17) is 10.5 Å². The molecule has 0 aliphatic heterocycles. The number of ether oxygens (including phenoxy) is 1. The molecule has 1 amide bonds. The lowest BCUT2D eigenvalue weighted by molar-refractivity contribution is -0.120. The standard InChI is InChI=1S/C19H20N4O2/c20-15-7-8-16(23-13-15)12-18(24)21-10-3-11-25-17-6-1-4-14-5-2-9-22-19(14)17/h1-2,4-9,13H,3,10-12,20H2,(H,21,24). The van der Waals surface area contributed by atoms with E-state index in [1.165, 1.54) is 0 Å². The van der Waals surface area contributed by atoms with Gasteiger partial charge in [0.05, 0.1) is 24.9 Å². The Balaban J connectivity index is 1.41. The number of pyridine rings is 2. The van der Waals surface area contributed by atoms with E-state index in [0.717, 1.165) is 16.7 Å². The predicted molar refractivity (Wildman–Crippen MR) is 97.2 cm³/mol. The van der Waals surface area contributed by atoms with E-state index in [9.17, 15) is 4.79 Å². The van der Waals surface area contributed by atoms with Gasteiger partial charge in [-0.3, -0.25) is 14.8 Å². The molecule has 0 atom stereocenters. The maximum absolute atomic E-state index is 11.9. The maximum Gasteiger partial charge on any atom is 0.226 e. The Labute approximate surface area is 146 Å². The minimum Gasteiger partial charge on any atom is -0.491 e. The Hall–Kier alpha value is -3.15. The molecule has 0 saturated carbocycles. The molecular formula is C19H20N4O2. The summed E-state index contributed by atoms with van der Waals surface area (Å²) in [5.41, 5.74) is 7.71. The van der Waals surface area contributed by atoms with Crippen molar-refractivity contribution in [3.8, 4) is 5.75 Å². The SMILES string of the molecule is Nc1ccc(CC(=O)NCCCOc2cccc3cccnc23)nc1. The minimum absolute atomic E-state index is 0.0656. The molecule has 2 heterocycles. The number of hydrogen-bond donors (Lipinski definition) is 2. The highest BCUT2D eigenvalue weighted by Gasteiger charge is 2.05. The number of nitrogen functional groups attached to an aromatic ring is 1. The molecule has 0 spiro atoms. The number of carbonyl (C=O) groups is 1. The number of carbonyl (C=O) groups excluding carboxylic acids is 1. The highest BCUT2D eigenvalue weighted by Crippen LogP contribution is 2.22. The van der Waals surface area contributed by atoms with E-state index < -0.39 is 0 Å².